The molecule has 8 nitrogen and oxygen atoms in total. The Morgan fingerprint density at radius 1 is 1.11 bits per heavy atom. The van der Waals surface area contributed by atoms with Gasteiger partial charge in [-0.05, 0) is 61.0 Å². The lowest BCUT2D eigenvalue weighted by atomic mass is 10.1. The Hall–Kier alpha value is -4.04. The van der Waals surface area contributed by atoms with Crippen molar-refractivity contribution in [2.24, 2.45) is 11.0 Å². The summed E-state index contributed by atoms with van der Waals surface area (Å²) >= 11 is 6.19. The highest BCUT2D eigenvalue weighted by molar-refractivity contribution is 6.31. The van der Waals surface area contributed by atoms with E-state index in [4.69, 9.17) is 25.8 Å². The van der Waals surface area contributed by atoms with Crippen molar-refractivity contribution in [1.82, 2.24) is 5.43 Å². The molecular weight excluding hydrogens is 494 g/mol. The molecule has 0 aromatic heterocycles. The van der Waals surface area contributed by atoms with Crippen LogP contribution in [0.1, 0.15) is 24.5 Å². The number of hydrogen-bond acceptors (Lipinski definition) is 6. The average Bonchev–Trinajstić information content (AvgIpc) is 3.30. The Kier molecular flexibility index (Phi) is 8.64. The Bertz CT molecular complexity index is 1280. The first-order valence-electron chi connectivity index (χ1n) is 11.9. The fourth-order valence-corrected chi connectivity index (χ4v) is 4.13. The molecule has 2 amide bonds. The number of carbonyl (C=O) groups excluding carboxylic acids is 2. The van der Waals surface area contributed by atoms with E-state index >= 15 is 0 Å². The molecule has 1 fully saturated rings. The SMILES string of the molecule is CCOc1ccc(N2C[C@@H](C(=O)N/N=C\c3ccc(OCc4ccccc4Cl)c(OC)c3)CC2=O)cc1. The molecule has 0 unspecified atom stereocenters. The fraction of sp³-hybridized carbons (Fsp3) is 0.250. The number of hydrogen-bond donors (Lipinski definition) is 1. The summed E-state index contributed by atoms with van der Waals surface area (Å²) in [5, 5.41) is 4.70. The van der Waals surface area contributed by atoms with Crippen LogP contribution in [0.25, 0.3) is 0 Å². The van der Waals surface area contributed by atoms with Gasteiger partial charge in [-0.25, -0.2) is 5.43 Å². The first kappa shape index (κ1) is 26.0. The van der Waals surface area contributed by atoms with Crippen molar-refractivity contribution in [3.05, 3.63) is 82.9 Å². The normalized spacial score (nSPS) is 15.2. The monoisotopic (exact) mass is 521 g/mol. The van der Waals surface area contributed by atoms with E-state index in [-0.39, 0.29) is 18.2 Å². The van der Waals surface area contributed by atoms with Crippen LogP contribution in [-0.4, -0.2) is 38.3 Å². The molecule has 0 radical (unpaired) electrons. The smallest absolute Gasteiger partial charge is 0.245 e. The number of halogens is 1. The minimum Gasteiger partial charge on any atom is -0.494 e. The molecule has 0 spiro atoms. The molecule has 3 aromatic carbocycles. The van der Waals surface area contributed by atoms with Crippen molar-refractivity contribution in [2.45, 2.75) is 20.0 Å². The second-order valence-electron chi connectivity index (χ2n) is 8.36. The van der Waals surface area contributed by atoms with E-state index in [1.54, 1.807) is 30.2 Å². The third kappa shape index (κ3) is 6.59. The predicted octanol–water partition coefficient (Wildman–Crippen LogP) is 4.83. The standard InChI is InChI=1S/C28H28ClN3O5/c1-3-36-23-11-9-22(10-12-23)32-17-21(15-27(32)33)28(34)31-30-16-19-8-13-25(26(14-19)35-2)37-18-20-6-4-5-7-24(20)29/h4-14,16,21H,3,15,17-18H2,1-2H3,(H,31,34)/b30-16-/t21-/m0/s1. The van der Waals surface area contributed by atoms with Gasteiger partial charge < -0.3 is 19.1 Å². The number of anilines is 1. The zero-order valence-electron chi connectivity index (χ0n) is 20.6. The molecule has 9 heteroatoms. The summed E-state index contributed by atoms with van der Waals surface area (Å²) < 4.78 is 16.8. The summed E-state index contributed by atoms with van der Waals surface area (Å²) in [6, 6.07) is 20.0. The Morgan fingerprint density at radius 3 is 2.62 bits per heavy atom. The van der Waals surface area contributed by atoms with Gasteiger partial charge in [-0.15, -0.1) is 0 Å². The number of nitrogens with zero attached hydrogens (tertiary/aromatic N) is 2. The minimum atomic E-state index is -0.494. The van der Waals surface area contributed by atoms with Gasteiger partial charge in [-0.3, -0.25) is 9.59 Å². The van der Waals surface area contributed by atoms with Gasteiger partial charge in [0.1, 0.15) is 12.4 Å². The highest BCUT2D eigenvalue weighted by Crippen LogP contribution is 2.30. The molecule has 0 saturated carbocycles. The van der Waals surface area contributed by atoms with E-state index in [0.717, 1.165) is 17.0 Å². The van der Waals surface area contributed by atoms with E-state index in [9.17, 15) is 9.59 Å². The fourth-order valence-electron chi connectivity index (χ4n) is 3.94. The molecule has 1 aliphatic rings. The molecule has 1 saturated heterocycles. The van der Waals surface area contributed by atoms with Crippen LogP contribution in [0.4, 0.5) is 5.69 Å². The number of nitrogens with one attached hydrogen (secondary N) is 1. The van der Waals surface area contributed by atoms with Gasteiger partial charge in [-0.2, -0.15) is 5.10 Å². The van der Waals surface area contributed by atoms with Gasteiger partial charge in [0.25, 0.3) is 0 Å². The van der Waals surface area contributed by atoms with E-state index in [0.29, 0.717) is 41.8 Å². The number of rotatable bonds is 10. The summed E-state index contributed by atoms with van der Waals surface area (Å²) in [7, 11) is 1.55. The summed E-state index contributed by atoms with van der Waals surface area (Å²) in [5.41, 5.74) is 4.85. The van der Waals surface area contributed by atoms with E-state index < -0.39 is 5.92 Å². The maximum absolute atomic E-state index is 12.6. The number of carbonyl (C=O) groups is 2. The number of methoxy groups -OCH3 is 1. The lowest BCUT2D eigenvalue weighted by Crippen LogP contribution is -2.30. The van der Waals surface area contributed by atoms with Crippen molar-refractivity contribution < 1.29 is 23.8 Å². The zero-order chi connectivity index (χ0) is 26.2. The zero-order valence-corrected chi connectivity index (χ0v) is 21.4. The molecular formula is C28H28ClN3O5. The molecule has 0 aliphatic carbocycles. The Morgan fingerprint density at radius 2 is 1.89 bits per heavy atom. The van der Waals surface area contributed by atoms with Crippen LogP contribution in [0.5, 0.6) is 17.2 Å². The number of ether oxygens (including phenoxy) is 3. The molecule has 192 valence electrons. The summed E-state index contributed by atoms with van der Waals surface area (Å²) in [5.74, 6) is 0.900. The van der Waals surface area contributed by atoms with Crippen LogP contribution in [0.2, 0.25) is 5.02 Å². The van der Waals surface area contributed by atoms with Crippen LogP contribution < -0.4 is 24.5 Å². The van der Waals surface area contributed by atoms with Gasteiger partial charge in [0.05, 0.1) is 25.8 Å². The largest absolute Gasteiger partial charge is 0.494 e. The molecule has 1 N–H and O–H groups in total. The molecule has 3 aromatic rings. The first-order chi connectivity index (χ1) is 18.0. The Labute approximate surface area is 220 Å². The topological polar surface area (TPSA) is 89.5 Å². The van der Waals surface area contributed by atoms with E-state index in [1.165, 1.54) is 6.21 Å². The van der Waals surface area contributed by atoms with E-state index in [1.807, 2.05) is 55.5 Å². The van der Waals surface area contributed by atoms with Crippen LogP contribution in [0, 0.1) is 5.92 Å². The third-order valence-corrected chi connectivity index (χ3v) is 6.24. The predicted molar refractivity (Wildman–Crippen MR) is 143 cm³/mol. The third-order valence-electron chi connectivity index (χ3n) is 5.87. The van der Waals surface area contributed by atoms with Crippen molar-refractivity contribution in [2.75, 3.05) is 25.2 Å². The van der Waals surface area contributed by atoms with Gasteiger partial charge >= 0.3 is 0 Å². The number of benzene rings is 3. The van der Waals surface area contributed by atoms with Crippen LogP contribution in [0.3, 0.4) is 0 Å². The summed E-state index contributed by atoms with van der Waals surface area (Å²) in [6.45, 7) is 3.07. The summed E-state index contributed by atoms with van der Waals surface area (Å²) in [6.07, 6.45) is 1.64. The van der Waals surface area contributed by atoms with Crippen LogP contribution in [-0.2, 0) is 16.2 Å². The number of hydrazone groups is 1. The van der Waals surface area contributed by atoms with Crippen LogP contribution in [0.15, 0.2) is 71.8 Å². The maximum atomic E-state index is 12.6. The molecule has 4 rings (SSSR count). The van der Waals surface area contributed by atoms with Gasteiger partial charge in [-0.1, -0.05) is 29.8 Å². The van der Waals surface area contributed by atoms with Crippen molar-refractivity contribution in [3.63, 3.8) is 0 Å². The number of amides is 2. The maximum Gasteiger partial charge on any atom is 0.245 e. The van der Waals surface area contributed by atoms with Crippen molar-refractivity contribution in [1.29, 1.82) is 0 Å². The average molecular weight is 522 g/mol. The van der Waals surface area contributed by atoms with Gasteiger partial charge in [0, 0.05) is 29.2 Å². The highest BCUT2D eigenvalue weighted by Gasteiger charge is 2.35. The lowest BCUT2D eigenvalue weighted by Gasteiger charge is -2.17. The molecule has 0 bridgehead atoms. The summed E-state index contributed by atoms with van der Waals surface area (Å²) in [4.78, 5) is 26.8. The highest BCUT2D eigenvalue weighted by atomic mass is 35.5. The van der Waals surface area contributed by atoms with Gasteiger partial charge in [0.2, 0.25) is 11.8 Å². The van der Waals surface area contributed by atoms with Crippen LogP contribution >= 0.6 is 11.6 Å². The molecule has 1 heterocycles. The van der Waals surface area contributed by atoms with E-state index in [2.05, 4.69) is 10.5 Å². The quantitative estimate of drug-likeness (QED) is 0.305. The first-order valence-corrected chi connectivity index (χ1v) is 12.3. The van der Waals surface area contributed by atoms with Gasteiger partial charge in [0.15, 0.2) is 11.5 Å². The molecule has 37 heavy (non-hydrogen) atoms. The minimum absolute atomic E-state index is 0.106. The second-order valence-corrected chi connectivity index (χ2v) is 8.76. The Balaban J connectivity index is 1.32. The van der Waals surface area contributed by atoms with Crippen molar-refractivity contribution in [3.8, 4) is 17.2 Å². The second kappa shape index (κ2) is 12.3. The molecule has 1 atom stereocenters. The molecule has 1 aliphatic heterocycles. The lowest BCUT2D eigenvalue weighted by molar-refractivity contribution is -0.126. The van der Waals surface area contributed by atoms with Crippen molar-refractivity contribution >= 4 is 35.3 Å².